The Bertz CT molecular complexity index is 877. The minimum atomic E-state index is -0.0165. The summed E-state index contributed by atoms with van der Waals surface area (Å²) in [6, 6.07) is 8.23. The molecule has 1 aliphatic heterocycles. The molecule has 1 aromatic heterocycles. The van der Waals surface area contributed by atoms with E-state index in [0.717, 1.165) is 55.8 Å². The fraction of sp³-hybridized carbons (Fsp3) is 0.565. The first-order chi connectivity index (χ1) is 14.3. The van der Waals surface area contributed by atoms with Gasteiger partial charge in [0.25, 0.3) is 0 Å². The summed E-state index contributed by atoms with van der Waals surface area (Å²) in [6.07, 6.45) is 4.02. The third kappa shape index (κ3) is 6.35. The lowest BCUT2D eigenvalue weighted by molar-refractivity contribution is 0.0512. The highest BCUT2D eigenvalue weighted by Gasteiger charge is 2.35. The fourth-order valence-corrected chi connectivity index (χ4v) is 4.46. The Hall–Kier alpha value is -1.32. The SMILES string of the molecule is CN=C(NCC1(c2cccc(Cl)c2)CCOCC1)N(C)Cc1cn(C)nc1C(C)C.I. The third-order valence-corrected chi connectivity index (χ3v) is 6.17. The van der Waals surface area contributed by atoms with E-state index in [4.69, 9.17) is 16.3 Å². The van der Waals surface area contributed by atoms with Gasteiger partial charge in [-0.05, 0) is 36.5 Å². The molecule has 0 amide bonds. The Morgan fingerprint density at radius 2 is 2.06 bits per heavy atom. The van der Waals surface area contributed by atoms with Crippen LogP contribution < -0.4 is 5.32 Å². The second-order valence-electron chi connectivity index (χ2n) is 8.53. The predicted molar refractivity (Wildman–Crippen MR) is 139 cm³/mol. The monoisotopic (exact) mass is 559 g/mol. The van der Waals surface area contributed by atoms with Gasteiger partial charge in [-0.1, -0.05) is 37.6 Å². The van der Waals surface area contributed by atoms with Crippen molar-refractivity contribution in [1.29, 1.82) is 0 Å². The summed E-state index contributed by atoms with van der Waals surface area (Å²) >= 11 is 6.31. The number of rotatable bonds is 6. The van der Waals surface area contributed by atoms with Crippen molar-refractivity contribution in [3.63, 3.8) is 0 Å². The highest BCUT2D eigenvalue weighted by Crippen LogP contribution is 2.35. The number of hydrogen-bond donors (Lipinski definition) is 1. The fourth-order valence-electron chi connectivity index (χ4n) is 4.27. The first kappa shape index (κ1) is 25.9. The lowest BCUT2D eigenvalue weighted by Crippen LogP contribution is -2.48. The first-order valence-electron chi connectivity index (χ1n) is 10.6. The van der Waals surface area contributed by atoms with E-state index < -0.39 is 0 Å². The smallest absolute Gasteiger partial charge is 0.193 e. The average molecular weight is 560 g/mol. The van der Waals surface area contributed by atoms with E-state index in [9.17, 15) is 0 Å². The molecule has 1 aliphatic rings. The van der Waals surface area contributed by atoms with E-state index in [1.54, 1.807) is 0 Å². The molecule has 0 unspecified atom stereocenters. The van der Waals surface area contributed by atoms with Gasteiger partial charge in [0, 0.05) is 69.6 Å². The Labute approximate surface area is 208 Å². The number of aromatic nitrogens is 2. The molecule has 0 saturated carbocycles. The van der Waals surface area contributed by atoms with Crippen LogP contribution in [0.3, 0.4) is 0 Å². The van der Waals surface area contributed by atoms with Gasteiger partial charge in [-0.3, -0.25) is 9.67 Å². The number of halogens is 2. The number of guanidine groups is 1. The number of ether oxygens (including phenoxy) is 1. The highest BCUT2D eigenvalue weighted by atomic mass is 127. The minimum absolute atomic E-state index is 0. The first-order valence-corrected chi connectivity index (χ1v) is 11.0. The van der Waals surface area contributed by atoms with Gasteiger partial charge in [-0.25, -0.2) is 0 Å². The van der Waals surface area contributed by atoms with E-state index in [1.165, 1.54) is 11.1 Å². The average Bonchev–Trinajstić information content (AvgIpc) is 3.09. The number of hydrogen-bond acceptors (Lipinski definition) is 3. The van der Waals surface area contributed by atoms with Crippen molar-refractivity contribution in [1.82, 2.24) is 20.0 Å². The van der Waals surface area contributed by atoms with Crippen LogP contribution in [0.25, 0.3) is 0 Å². The van der Waals surface area contributed by atoms with Crippen LogP contribution in [0.1, 0.15) is 49.4 Å². The number of nitrogens with zero attached hydrogens (tertiary/aromatic N) is 4. The third-order valence-electron chi connectivity index (χ3n) is 5.94. The summed E-state index contributed by atoms with van der Waals surface area (Å²) in [4.78, 5) is 6.70. The van der Waals surface area contributed by atoms with E-state index in [2.05, 4.69) is 59.5 Å². The van der Waals surface area contributed by atoms with Crippen molar-refractivity contribution in [3.05, 3.63) is 52.3 Å². The molecule has 0 aliphatic carbocycles. The molecule has 6 nitrogen and oxygen atoms in total. The minimum Gasteiger partial charge on any atom is -0.381 e. The summed E-state index contributed by atoms with van der Waals surface area (Å²) in [5, 5.41) is 9.03. The lowest BCUT2D eigenvalue weighted by atomic mass is 9.74. The van der Waals surface area contributed by atoms with Crippen molar-refractivity contribution in [3.8, 4) is 0 Å². The molecule has 0 radical (unpaired) electrons. The number of benzene rings is 1. The molecule has 0 spiro atoms. The molecule has 172 valence electrons. The van der Waals surface area contributed by atoms with E-state index in [-0.39, 0.29) is 29.4 Å². The van der Waals surface area contributed by atoms with Crippen molar-refractivity contribution in [2.45, 2.75) is 44.6 Å². The molecule has 1 aromatic carbocycles. The molecule has 8 heteroatoms. The van der Waals surface area contributed by atoms with E-state index >= 15 is 0 Å². The molecule has 1 saturated heterocycles. The van der Waals surface area contributed by atoms with Crippen LogP contribution in [0.5, 0.6) is 0 Å². The lowest BCUT2D eigenvalue weighted by Gasteiger charge is -2.39. The summed E-state index contributed by atoms with van der Waals surface area (Å²) in [5.41, 5.74) is 3.61. The summed E-state index contributed by atoms with van der Waals surface area (Å²) in [7, 11) is 5.88. The van der Waals surface area contributed by atoms with Crippen molar-refractivity contribution in [2.75, 3.05) is 33.9 Å². The van der Waals surface area contributed by atoms with Gasteiger partial charge in [-0.15, -0.1) is 24.0 Å². The molecule has 2 aromatic rings. The van der Waals surface area contributed by atoms with Gasteiger partial charge in [0.2, 0.25) is 0 Å². The van der Waals surface area contributed by atoms with Crippen molar-refractivity contribution < 1.29 is 4.74 Å². The summed E-state index contributed by atoms with van der Waals surface area (Å²) < 4.78 is 7.56. The van der Waals surface area contributed by atoms with Gasteiger partial charge >= 0.3 is 0 Å². The van der Waals surface area contributed by atoms with Crippen LogP contribution >= 0.6 is 35.6 Å². The molecule has 31 heavy (non-hydrogen) atoms. The van der Waals surface area contributed by atoms with Crippen molar-refractivity contribution >= 4 is 41.5 Å². The van der Waals surface area contributed by atoms with Crippen LogP contribution in [-0.2, 0) is 23.7 Å². The van der Waals surface area contributed by atoms with Gasteiger partial charge in [-0.2, -0.15) is 5.10 Å². The maximum absolute atomic E-state index is 6.31. The summed E-state index contributed by atoms with van der Waals surface area (Å²) in [5.74, 6) is 1.26. The molecular weight excluding hydrogens is 525 g/mol. The molecular formula is C23H35ClIN5O. The van der Waals surface area contributed by atoms with Crippen LogP contribution in [0.2, 0.25) is 5.02 Å². The standard InChI is InChI=1S/C23H34ClN5O.HI/c1-17(2)21-18(15-29(5)27-21)14-28(4)22(25-3)26-16-23(9-11-30-12-10-23)19-7-6-8-20(24)13-19;/h6-8,13,15,17H,9-12,14,16H2,1-5H3,(H,25,26);1H. The van der Waals surface area contributed by atoms with Crippen LogP contribution in [0, 0.1) is 0 Å². The zero-order chi connectivity index (χ0) is 21.7. The van der Waals surface area contributed by atoms with Crippen LogP contribution in [0.15, 0.2) is 35.5 Å². The van der Waals surface area contributed by atoms with Gasteiger partial charge in [0.1, 0.15) is 0 Å². The second kappa shape index (κ2) is 11.5. The maximum Gasteiger partial charge on any atom is 0.193 e. The predicted octanol–water partition coefficient (Wildman–Crippen LogP) is 4.57. The Morgan fingerprint density at radius 3 is 2.68 bits per heavy atom. The quantitative estimate of drug-likeness (QED) is 0.320. The molecule has 0 atom stereocenters. The number of aryl methyl sites for hydroxylation is 1. The summed E-state index contributed by atoms with van der Waals surface area (Å²) in [6.45, 7) is 7.43. The van der Waals surface area contributed by atoms with E-state index in [1.807, 2.05) is 30.9 Å². The van der Waals surface area contributed by atoms with Crippen LogP contribution in [-0.4, -0.2) is 54.5 Å². The van der Waals surface area contributed by atoms with Crippen LogP contribution in [0.4, 0.5) is 0 Å². The second-order valence-corrected chi connectivity index (χ2v) is 8.96. The molecule has 2 heterocycles. The normalized spacial score (nSPS) is 16.2. The van der Waals surface area contributed by atoms with Crippen molar-refractivity contribution in [2.24, 2.45) is 12.0 Å². The molecule has 1 N–H and O–H groups in total. The molecule has 1 fully saturated rings. The topological polar surface area (TPSA) is 54.7 Å². The molecule has 0 bridgehead atoms. The Kier molecular flexibility index (Phi) is 9.64. The van der Waals surface area contributed by atoms with E-state index in [0.29, 0.717) is 5.92 Å². The Balaban J connectivity index is 0.00000341. The zero-order valence-corrected chi connectivity index (χ0v) is 22.3. The zero-order valence-electron chi connectivity index (χ0n) is 19.2. The Morgan fingerprint density at radius 1 is 1.35 bits per heavy atom. The number of nitrogens with one attached hydrogen (secondary N) is 1. The largest absolute Gasteiger partial charge is 0.381 e. The number of aliphatic imine (C=N–C) groups is 1. The maximum atomic E-state index is 6.31. The molecule has 3 rings (SSSR count). The van der Waals surface area contributed by atoms with Gasteiger partial charge < -0.3 is 15.0 Å². The van der Waals surface area contributed by atoms with Gasteiger partial charge in [0.15, 0.2) is 5.96 Å². The highest BCUT2D eigenvalue weighted by molar-refractivity contribution is 14.0. The van der Waals surface area contributed by atoms with Gasteiger partial charge in [0.05, 0.1) is 5.69 Å².